The number of halogens is 3. The molecule has 0 saturated carbocycles. The van der Waals surface area contributed by atoms with Crippen LogP contribution in [-0.2, 0) is 16.2 Å². The lowest BCUT2D eigenvalue weighted by molar-refractivity contribution is -0.136. The van der Waals surface area contributed by atoms with Crippen molar-refractivity contribution < 1.29 is 26.1 Å². The Morgan fingerprint density at radius 2 is 1.88 bits per heavy atom. The highest BCUT2D eigenvalue weighted by Gasteiger charge is 2.38. The van der Waals surface area contributed by atoms with Gasteiger partial charge in [-0.1, -0.05) is 5.16 Å². The fraction of sp³-hybridized carbons (Fsp3) is 0.625. The van der Waals surface area contributed by atoms with E-state index >= 15 is 0 Å². The third-order valence-corrected chi connectivity index (χ3v) is 6.98. The van der Waals surface area contributed by atoms with E-state index in [1.807, 2.05) is 0 Å². The molecule has 0 N–H and O–H groups in total. The van der Waals surface area contributed by atoms with E-state index < -0.39 is 27.0 Å². The number of aryl methyl sites for hydroxylation is 1. The predicted molar refractivity (Wildman–Crippen MR) is 89.1 cm³/mol. The van der Waals surface area contributed by atoms with E-state index in [1.165, 1.54) is 11.2 Å². The Balaban J connectivity index is 1.94. The van der Waals surface area contributed by atoms with Gasteiger partial charge in [0.1, 0.15) is 0 Å². The molecule has 26 heavy (non-hydrogen) atoms. The molecule has 6 nitrogen and oxygen atoms in total. The largest absolute Gasteiger partial charge is 0.417 e. The molecule has 10 heteroatoms. The smallest absolute Gasteiger partial charge is 0.336 e. The molecule has 1 aliphatic rings. The molecule has 3 rings (SSSR count). The summed E-state index contributed by atoms with van der Waals surface area (Å²) < 4.78 is 71.3. The lowest BCUT2D eigenvalue weighted by Crippen LogP contribution is -2.41. The molecule has 2 aromatic rings. The SMILES string of the molecule is Cc1cc(C(F)(F)F)c2c(C3CCN(S(=O)(=O)C(C)C)CC3)noc2n1. The third-order valence-electron chi connectivity index (χ3n) is 4.70. The average molecular weight is 391 g/mol. The fourth-order valence-electron chi connectivity index (χ4n) is 3.28. The Kier molecular flexibility index (Phi) is 4.76. The first kappa shape index (κ1) is 19.1. The number of rotatable bonds is 3. The van der Waals surface area contributed by atoms with E-state index in [1.54, 1.807) is 13.8 Å². The van der Waals surface area contributed by atoms with Gasteiger partial charge in [0.25, 0.3) is 5.71 Å². The summed E-state index contributed by atoms with van der Waals surface area (Å²) >= 11 is 0. The summed E-state index contributed by atoms with van der Waals surface area (Å²) in [5, 5.41) is 3.20. The summed E-state index contributed by atoms with van der Waals surface area (Å²) in [6.45, 7) is 5.18. The van der Waals surface area contributed by atoms with Crippen LogP contribution in [-0.4, -0.2) is 41.2 Å². The minimum absolute atomic E-state index is 0.117. The van der Waals surface area contributed by atoms with Crippen LogP contribution in [0.25, 0.3) is 11.1 Å². The number of hydrogen-bond acceptors (Lipinski definition) is 5. The van der Waals surface area contributed by atoms with Crippen LogP contribution in [0.2, 0.25) is 0 Å². The highest BCUT2D eigenvalue weighted by Crippen LogP contribution is 2.40. The minimum atomic E-state index is -4.55. The monoisotopic (exact) mass is 391 g/mol. The molecule has 1 fully saturated rings. The van der Waals surface area contributed by atoms with Gasteiger partial charge < -0.3 is 4.52 Å². The first-order chi connectivity index (χ1) is 12.0. The second-order valence-electron chi connectivity index (χ2n) is 6.82. The lowest BCUT2D eigenvalue weighted by Gasteiger charge is -2.31. The van der Waals surface area contributed by atoms with E-state index in [-0.39, 0.29) is 41.5 Å². The van der Waals surface area contributed by atoms with Gasteiger partial charge in [-0.15, -0.1) is 0 Å². The Labute approximate surface area is 149 Å². The molecule has 0 radical (unpaired) electrons. The van der Waals surface area contributed by atoms with Crippen molar-refractivity contribution >= 4 is 21.1 Å². The maximum absolute atomic E-state index is 13.4. The topological polar surface area (TPSA) is 76.3 Å². The van der Waals surface area contributed by atoms with Gasteiger partial charge in [-0.05, 0) is 39.7 Å². The van der Waals surface area contributed by atoms with E-state index in [2.05, 4.69) is 10.1 Å². The van der Waals surface area contributed by atoms with Crippen molar-refractivity contribution in [1.82, 2.24) is 14.4 Å². The maximum Gasteiger partial charge on any atom is 0.417 e. The number of fused-ring (bicyclic) bond motifs is 1. The van der Waals surface area contributed by atoms with E-state index in [0.29, 0.717) is 12.8 Å². The second kappa shape index (κ2) is 6.49. The summed E-state index contributed by atoms with van der Waals surface area (Å²) in [6, 6.07) is 0.987. The molecule has 0 amide bonds. The van der Waals surface area contributed by atoms with Gasteiger partial charge in [-0.3, -0.25) is 0 Å². The summed E-state index contributed by atoms with van der Waals surface area (Å²) in [6.07, 6.45) is -3.77. The number of alkyl halides is 3. The average Bonchev–Trinajstić information content (AvgIpc) is 2.96. The molecule has 0 bridgehead atoms. The van der Waals surface area contributed by atoms with Crippen LogP contribution in [0.15, 0.2) is 10.6 Å². The van der Waals surface area contributed by atoms with Crippen LogP contribution in [0, 0.1) is 6.92 Å². The van der Waals surface area contributed by atoms with Crippen LogP contribution < -0.4 is 0 Å². The van der Waals surface area contributed by atoms with E-state index in [9.17, 15) is 21.6 Å². The molecular formula is C16H20F3N3O3S. The molecule has 1 aliphatic heterocycles. The van der Waals surface area contributed by atoms with Gasteiger partial charge in [0.15, 0.2) is 0 Å². The highest BCUT2D eigenvalue weighted by atomic mass is 32.2. The zero-order valence-electron chi connectivity index (χ0n) is 14.7. The Hall–Kier alpha value is -1.68. The number of nitrogens with zero attached hydrogens (tertiary/aromatic N) is 3. The number of hydrogen-bond donors (Lipinski definition) is 0. The molecule has 0 atom stereocenters. The Morgan fingerprint density at radius 3 is 2.42 bits per heavy atom. The predicted octanol–water partition coefficient (Wildman–Crippen LogP) is 3.47. The van der Waals surface area contributed by atoms with Crippen molar-refractivity contribution in [3.05, 3.63) is 23.0 Å². The number of sulfonamides is 1. The van der Waals surface area contributed by atoms with Gasteiger partial charge in [-0.2, -0.15) is 13.2 Å². The zero-order chi connectivity index (χ0) is 19.3. The van der Waals surface area contributed by atoms with Crippen molar-refractivity contribution in [2.75, 3.05) is 13.1 Å². The van der Waals surface area contributed by atoms with Gasteiger partial charge >= 0.3 is 6.18 Å². The Bertz CT molecular complexity index is 914. The minimum Gasteiger partial charge on any atom is -0.336 e. The van der Waals surface area contributed by atoms with Crippen molar-refractivity contribution in [3.8, 4) is 0 Å². The molecule has 2 aromatic heterocycles. The maximum atomic E-state index is 13.4. The molecule has 0 aromatic carbocycles. The number of aromatic nitrogens is 2. The van der Waals surface area contributed by atoms with Crippen LogP contribution in [0.5, 0.6) is 0 Å². The van der Waals surface area contributed by atoms with Crippen molar-refractivity contribution in [3.63, 3.8) is 0 Å². The molecule has 0 aliphatic carbocycles. The van der Waals surface area contributed by atoms with Crippen molar-refractivity contribution in [2.24, 2.45) is 0 Å². The fourth-order valence-corrected chi connectivity index (χ4v) is 4.60. The molecule has 0 unspecified atom stereocenters. The van der Waals surface area contributed by atoms with E-state index in [0.717, 1.165) is 6.07 Å². The highest BCUT2D eigenvalue weighted by molar-refractivity contribution is 7.89. The summed E-state index contributed by atoms with van der Waals surface area (Å²) in [5.41, 5.74) is -0.537. The van der Waals surface area contributed by atoms with Crippen LogP contribution in [0.1, 0.15) is 49.6 Å². The summed E-state index contributed by atoms with van der Waals surface area (Å²) in [7, 11) is -3.37. The van der Waals surface area contributed by atoms with Crippen molar-refractivity contribution in [1.29, 1.82) is 0 Å². The first-order valence-corrected chi connectivity index (χ1v) is 9.85. The van der Waals surface area contributed by atoms with Crippen molar-refractivity contribution in [2.45, 2.75) is 51.0 Å². The second-order valence-corrected chi connectivity index (χ2v) is 9.31. The third kappa shape index (κ3) is 3.32. The molecule has 0 spiro atoms. The van der Waals surface area contributed by atoms with Gasteiger partial charge in [0, 0.05) is 24.7 Å². The van der Waals surface area contributed by atoms with Crippen LogP contribution in [0.4, 0.5) is 13.2 Å². The quantitative estimate of drug-likeness (QED) is 0.801. The molecule has 3 heterocycles. The summed E-state index contributed by atoms with van der Waals surface area (Å²) in [4.78, 5) is 4.01. The van der Waals surface area contributed by atoms with Crippen LogP contribution >= 0.6 is 0 Å². The molecular weight excluding hydrogens is 371 g/mol. The van der Waals surface area contributed by atoms with Crippen LogP contribution in [0.3, 0.4) is 0 Å². The summed E-state index contributed by atoms with van der Waals surface area (Å²) in [5.74, 6) is -0.305. The zero-order valence-corrected chi connectivity index (χ0v) is 15.5. The van der Waals surface area contributed by atoms with Gasteiger partial charge in [-0.25, -0.2) is 17.7 Å². The number of pyridine rings is 1. The van der Waals surface area contributed by atoms with Gasteiger partial charge in [0.05, 0.1) is 21.9 Å². The molecule has 1 saturated heterocycles. The van der Waals surface area contributed by atoms with E-state index in [4.69, 9.17) is 4.52 Å². The van der Waals surface area contributed by atoms with Gasteiger partial charge in [0.2, 0.25) is 10.0 Å². The number of piperidine rings is 1. The molecule has 144 valence electrons. The standard InChI is InChI=1S/C16H20F3N3O3S/c1-9(2)26(23,24)22-6-4-11(5-7-22)14-13-12(16(17,18)19)8-10(3)20-15(13)25-21-14/h8-9,11H,4-7H2,1-3H3. The lowest BCUT2D eigenvalue weighted by atomic mass is 9.91. The normalized spacial score (nSPS) is 18.1. The Morgan fingerprint density at radius 1 is 1.27 bits per heavy atom. The first-order valence-electron chi connectivity index (χ1n) is 8.35.